The zero-order valence-corrected chi connectivity index (χ0v) is 26.7. The number of anilines is 2. The number of benzene rings is 3. The average molecular weight is 678 g/mol. The van der Waals surface area contributed by atoms with Crippen molar-refractivity contribution < 1.29 is 37.8 Å². The first-order chi connectivity index (χ1) is 22.7. The third kappa shape index (κ3) is 6.38. The fourth-order valence-corrected chi connectivity index (χ4v) is 8.09. The molecule has 1 saturated heterocycles. The first kappa shape index (κ1) is 32.0. The van der Waals surface area contributed by atoms with E-state index in [0.29, 0.717) is 32.6 Å². The molecule has 3 atom stereocenters. The van der Waals surface area contributed by atoms with E-state index in [1.54, 1.807) is 32.0 Å². The molecule has 1 aromatic heterocycles. The van der Waals surface area contributed by atoms with Crippen LogP contribution in [-0.4, -0.2) is 53.7 Å². The molecule has 3 amide bonds. The molecule has 2 N–H and O–H groups in total. The van der Waals surface area contributed by atoms with Crippen molar-refractivity contribution in [1.29, 1.82) is 0 Å². The Bertz CT molecular complexity index is 1910. The van der Waals surface area contributed by atoms with Crippen LogP contribution in [0.3, 0.4) is 0 Å². The van der Waals surface area contributed by atoms with Crippen molar-refractivity contribution in [3.8, 4) is 11.5 Å². The molecule has 2 unspecified atom stereocenters. The zero-order valence-electron chi connectivity index (χ0n) is 25.1. The summed E-state index contributed by atoms with van der Waals surface area (Å²) in [5.74, 6) is -3.23. The summed E-state index contributed by atoms with van der Waals surface area (Å²) in [6.45, 7) is 3.60. The second-order valence-corrected chi connectivity index (χ2v) is 12.7. The first-order valence-electron chi connectivity index (χ1n) is 14.7. The molecule has 242 valence electrons. The van der Waals surface area contributed by atoms with E-state index in [1.165, 1.54) is 48.5 Å². The predicted molar refractivity (Wildman–Crippen MR) is 173 cm³/mol. The standard InChI is InChI=1S/C33H28FN3O8S2/c1-3-43-23-15-18(7-14-22(23)45-16-24(38)35-20-10-8-19(34)9-11-20)25-26-28(46-29-27(25)47-33(42)36-29)31(40)37(30(26)39)21-12-5-17(6-13-21)32(41)44-4-2/h5-15,25-26,28H,3-4,16H2,1-2H3,(H,35,38)(H,36,42)/t25-,26?,28?/m1/s1. The molecule has 1 fully saturated rings. The number of thioether (sulfide) groups is 1. The van der Waals surface area contributed by atoms with Crippen molar-refractivity contribution in [1.82, 2.24) is 4.98 Å². The third-order valence-electron chi connectivity index (χ3n) is 7.57. The minimum Gasteiger partial charge on any atom is -0.490 e. The number of amides is 3. The van der Waals surface area contributed by atoms with Crippen LogP contribution in [0.15, 0.2) is 76.6 Å². The number of halogens is 1. The average Bonchev–Trinajstić information content (AvgIpc) is 3.55. The highest BCUT2D eigenvalue weighted by Crippen LogP contribution is 2.53. The van der Waals surface area contributed by atoms with Gasteiger partial charge in [-0.15, -0.1) is 0 Å². The Balaban J connectivity index is 1.29. The fourth-order valence-electron chi connectivity index (χ4n) is 5.57. The minimum atomic E-state index is -0.848. The lowest BCUT2D eigenvalue weighted by Crippen LogP contribution is -2.32. The second kappa shape index (κ2) is 13.4. The molecule has 3 aromatic carbocycles. The van der Waals surface area contributed by atoms with E-state index in [-0.39, 0.29) is 36.0 Å². The molecule has 2 aliphatic heterocycles. The number of nitrogens with zero attached hydrogens (tertiary/aromatic N) is 1. The van der Waals surface area contributed by atoms with E-state index in [9.17, 15) is 28.4 Å². The summed E-state index contributed by atoms with van der Waals surface area (Å²) >= 11 is 2.13. The van der Waals surface area contributed by atoms with Gasteiger partial charge in [-0.3, -0.25) is 19.2 Å². The number of hydrogen-bond acceptors (Lipinski definition) is 10. The topological polar surface area (TPSA) is 144 Å². The molecule has 2 aliphatic rings. The molecule has 4 aromatic rings. The lowest BCUT2D eigenvalue weighted by molar-refractivity contribution is -0.122. The van der Waals surface area contributed by atoms with Gasteiger partial charge < -0.3 is 24.5 Å². The van der Waals surface area contributed by atoms with Crippen LogP contribution >= 0.6 is 23.1 Å². The van der Waals surface area contributed by atoms with Gasteiger partial charge in [-0.2, -0.15) is 0 Å². The van der Waals surface area contributed by atoms with Crippen LogP contribution in [0.5, 0.6) is 11.5 Å². The van der Waals surface area contributed by atoms with Gasteiger partial charge in [0.25, 0.3) is 5.91 Å². The maximum absolute atomic E-state index is 14.1. The van der Waals surface area contributed by atoms with Crippen LogP contribution in [-0.2, 0) is 19.1 Å². The molecular weight excluding hydrogens is 650 g/mol. The molecule has 11 nitrogen and oxygen atoms in total. The van der Waals surface area contributed by atoms with Gasteiger partial charge in [-0.25, -0.2) is 14.1 Å². The summed E-state index contributed by atoms with van der Waals surface area (Å²) in [6.07, 6.45) is 0. The van der Waals surface area contributed by atoms with Gasteiger partial charge in [0, 0.05) is 16.5 Å². The molecule has 0 bridgehead atoms. The highest BCUT2D eigenvalue weighted by molar-refractivity contribution is 8.00. The minimum absolute atomic E-state index is 0.211. The van der Waals surface area contributed by atoms with Gasteiger partial charge in [0.15, 0.2) is 18.1 Å². The van der Waals surface area contributed by atoms with Crippen molar-refractivity contribution in [2.45, 2.75) is 30.0 Å². The summed E-state index contributed by atoms with van der Waals surface area (Å²) in [6, 6.07) is 16.4. The van der Waals surface area contributed by atoms with Crippen LogP contribution < -0.4 is 24.6 Å². The molecule has 47 heavy (non-hydrogen) atoms. The molecule has 14 heteroatoms. The summed E-state index contributed by atoms with van der Waals surface area (Å²) in [7, 11) is 0. The monoisotopic (exact) mass is 677 g/mol. The van der Waals surface area contributed by atoms with E-state index in [4.69, 9.17) is 14.2 Å². The Hall–Kier alpha value is -4.95. The number of hydrogen-bond donors (Lipinski definition) is 2. The van der Waals surface area contributed by atoms with E-state index >= 15 is 0 Å². The number of esters is 1. The number of carbonyl (C=O) groups excluding carboxylic acids is 4. The Morgan fingerprint density at radius 2 is 1.66 bits per heavy atom. The number of rotatable bonds is 10. The Morgan fingerprint density at radius 1 is 0.915 bits per heavy atom. The first-order valence-corrected chi connectivity index (χ1v) is 16.4. The lowest BCUT2D eigenvalue weighted by Gasteiger charge is -2.30. The van der Waals surface area contributed by atoms with E-state index in [2.05, 4.69) is 10.3 Å². The summed E-state index contributed by atoms with van der Waals surface area (Å²) in [5.41, 5.74) is 1.63. The predicted octanol–water partition coefficient (Wildman–Crippen LogP) is 4.96. The summed E-state index contributed by atoms with van der Waals surface area (Å²) in [5, 5.41) is 2.32. The van der Waals surface area contributed by atoms with Crippen LogP contribution in [0.25, 0.3) is 0 Å². The fraction of sp³-hybridized carbons (Fsp3) is 0.242. The van der Waals surface area contributed by atoms with Gasteiger partial charge in [0.1, 0.15) is 11.1 Å². The maximum atomic E-state index is 14.1. The smallest absolute Gasteiger partial charge is 0.338 e. The van der Waals surface area contributed by atoms with Crippen molar-refractivity contribution in [2.24, 2.45) is 5.92 Å². The van der Waals surface area contributed by atoms with Gasteiger partial charge in [-0.05, 0) is 80.1 Å². The third-order valence-corrected chi connectivity index (χ3v) is 9.98. The number of ether oxygens (including phenoxy) is 3. The Kier molecular flexibility index (Phi) is 9.14. The number of thiazole rings is 1. The van der Waals surface area contributed by atoms with Crippen molar-refractivity contribution >= 4 is 58.2 Å². The number of carbonyl (C=O) groups is 4. The van der Waals surface area contributed by atoms with Crippen LogP contribution in [0, 0.1) is 11.7 Å². The van der Waals surface area contributed by atoms with Crippen molar-refractivity contribution in [3.63, 3.8) is 0 Å². The number of nitrogens with one attached hydrogen (secondary N) is 2. The van der Waals surface area contributed by atoms with Gasteiger partial charge in [0.2, 0.25) is 11.8 Å². The number of imide groups is 1. The normalized spacial score (nSPS) is 18.4. The van der Waals surface area contributed by atoms with E-state index in [1.807, 2.05) is 0 Å². The Labute approximate surface area is 276 Å². The Morgan fingerprint density at radius 3 is 2.36 bits per heavy atom. The summed E-state index contributed by atoms with van der Waals surface area (Å²) < 4.78 is 29.9. The van der Waals surface area contributed by atoms with Crippen LogP contribution in [0.4, 0.5) is 15.8 Å². The molecule has 6 rings (SSSR count). The zero-order chi connectivity index (χ0) is 33.2. The molecule has 0 radical (unpaired) electrons. The van der Waals surface area contributed by atoms with Gasteiger partial charge in [-0.1, -0.05) is 29.2 Å². The van der Waals surface area contributed by atoms with E-state index in [0.717, 1.165) is 28.0 Å². The van der Waals surface area contributed by atoms with Crippen LogP contribution in [0.1, 0.15) is 40.6 Å². The van der Waals surface area contributed by atoms with Crippen LogP contribution in [0.2, 0.25) is 0 Å². The molecular formula is C33H28FN3O8S2. The highest BCUT2D eigenvalue weighted by atomic mass is 32.2. The molecule has 0 saturated carbocycles. The number of aromatic amines is 1. The SMILES string of the molecule is CCOC(=O)c1ccc(N2C(=O)C3Sc4[nH]c(=O)sc4[C@H](c4ccc(OCC(=O)Nc5ccc(F)cc5)c(OCC)c4)C3C2=O)cc1. The van der Waals surface area contributed by atoms with Gasteiger partial charge in [0.05, 0.1) is 35.4 Å². The largest absolute Gasteiger partial charge is 0.490 e. The quantitative estimate of drug-likeness (QED) is 0.176. The molecule has 0 spiro atoms. The highest BCUT2D eigenvalue weighted by Gasteiger charge is 2.56. The summed E-state index contributed by atoms with van der Waals surface area (Å²) in [4.78, 5) is 69.3. The molecule has 3 heterocycles. The van der Waals surface area contributed by atoms with Crippen molar-refractivity contribution in [2.75, 3.05) is 30.0 Å². The number of aromatic nitrogens is 1. The number of fused-ring (bicyclic) bond motifs is 2. The molecule has 0 aliphatic carbocycles. The van der Waals surface area contributed by atoms with E-state index < -0.39 is 46.6 Å². The van der Waals surface area contributed by atoms with Crippen molar-refractivity contribution in [3.05, 3.63) is 98.2 Å². The maximum Gasteiger partial charge on any atom is 0.338 e. The van der Waals surface area contributed by atoms with Gasteiger partial charge >= 0.3 is 10.8 Å². The lowest BCUT2D eigenvalue weighted by atomic mass is 9.83. The number of H-pyrrole nitrogens is 1. The second-order valence-electron chi connectivity index (χ2n) is 10.5.